The van der Waals surface area contributed by atoms with Crippen molar-refractivity contribution in [2.24, 2.45) is 23.7 Å². The highest BCUT2D eigenvalue weighted by Gasteiger charge is 2.45. The number of aromatic nitrogens is 2. The monoisotopic (exact) mass is 691 g/mol. The van der Waals surface area contributed by atoms with Crippen LogP contribution in [0.3, 0.4) is 0 Å². The van der Waals surface area contributed by atoms with Crippen LogP contribution in [0, 0.1) is 23.7 Å². The van der Waals surface area contributed by atoms with Crippen molar-refractivity contribution in [3.63, 3.8) is 0 Å². The van der Waals surface area contributed by atoms with Crippen LogP contribution in [0.5, 0.6) is 0 Å². The van der Waals surface area contributed by atoms with E-state index in [1.807, 2.05) is 34.9 Å². The number of methoxy groups -OCH3 is 1. The number of hydrogen-bond acceptors (Lipinski definition) is 11. The Morgan fingerprint density at radius 2 is 1.78 bits per heavy atom. The molecule has 49 heavy (non-hydrogen) atoms. The number of carbonyl (C=O) groups excluding carboxylic acids is 4. The summed E-state index contributed by atoms with van der Waals surface area (Å²) in [7, 11) is 5.66. The normalized spacial score (nSPS) is 24.3. The highest BCUT2D eigenvalue weighted by Crippen LogP contribution is 2.33. The molecule has 278 valence electrons. The van der Waals surface area contributed by atoms with Crippen molar-refractivity contribution < 1.29 is 42.9 Å². The Bertz CT molecular complexity index is 1250. The van der Waals surface area contributed by atoms with Gasteiger partial charge >= 0.3 is 12.1 Å². The molecule has 2 rings (SSSR count). The van der Waals surface area contributed by atoms with Crippen molar-refractivity contribution in [3.05, 3.63) is 30.4 Å². The number of hydrogen-bond donors (Lipinski definition) is 0. The Balaban J connectivity index is 2.33. The first-order valence-corrected chi connectivity index (χ1v) is 17.7. The average Bonchev–Trinajstić information content (AvgIpc) is 3.63. The highest BCUT2D eigenvalue weighted by molar-refractivity contribution is 6.00. The summed E-state index contributed by atoms with van der Waals surface area (Å²) in [4.78, 5) is 60.2. The molecular weight excluding hydrogens is 630 g/mol. The molecule has 1 saturated heterocycles. The van der Waals surface area contributed by atoms with Crippen LogP contribution in [0.15, 0.2) is 30.4 Å². The van der Waals surface area contributed by atoms with E-state index in [0.717, 1.165) is 6.42 Å². The fraction of sp³-hybridized carbons (Fsp3) is 0.757. The second-order valence-corrected chi connectivity index (χ2v) is 13.8. The molecule has 0 aromatic carbocycles. The van der Waals surface area contributed by atoms with Gasteiger partial charge in [-0.3, -0.25) is 14.4 Å². The summed E-state index contributed by atoms with van der Waals surface area (Å²) in [6, 6.07) is 0.264. The SMILES string of the molecule is CCC(OC(=O)C(C)C(=O)C(C)[C@H](CC)OC1OC(C)CC(N(C)C)[C@H]1C)[C@@](/C=C(\C)C(=O)[C@H](C)CCOC)(CC)OC(=O)n1ccnc1. The van der Waals surface area contributed by atoms with Gasteiger partial charge < -0.3 is 28.6 Å². The lowest BCUT2D eigenvalue weighted by molar-refractivity contribution is -0.252. The van der Waals surface area contributed by atoms with Gasteiger partial charge in [0.2, 0.25) is 0 Å². The molecule has 0 bridgehead atoms. The number of rotatable bonds is 19. The van der Waals surface area contributed by atoms with Crippen molar-refractivity contribution in [3.8, 4) is 0 Å². The van der Waals surface area contributed by atoms with E-state index in [4.69, 9.17) is 23.7 Å². The maximum Gasteiger partial charge on any atom is 0.420 e. The number of carbonyl (C=O) groups is 4. The number of ether oxygens (including phenoxy) is 5. The minimum absolute atomic E-state index is 0.000232. The number of Topliss-reactive ketones (excluding diaryl/α,β-unsaturated/α-hetero) is 2. The van der Waals surface area contributed by atoms with E-state index in [2.05, 4.69) is 16.8 Å². The zero-order valence-electron chi connectivity index (χ0n) is 31.8. The van der Waals surface area contributed by atoms with Crippen molar-refractivity contribution in [2.75, 3.05) is 27.8 Å². The number of nitrogens with zero attached hydrogens (tertiary/aromatic N) is 3. The molecule has 1 fully saturated rings. The second kappa shape index (κ2) is 19.5. The van der Waals surface area contributed by atoms with Gasteiger partial charge in [0, 0.05) is 49.9 Å². The maximum absolute atomic E-state index is 13.8. The Hall–Kier alpha value is -2.93. The van der Waals surface area contributed by atoms with Crippen molar-refractivity contribution >= 4 is 23.6 Å². The van der Waals surface area contributed by atoms with Gasteiger partial charge in [-0.05, 0) is 78.6 Å². The zero-order chi connectivity index (χ0) is 37.1. The first-order valence-electron chi connectivity index (χ1n) is 17.7. The van der Waals surface area contributed by atoms with Crippen LogP contribution in [0.25, 0.3) is 0 Å². The van der Waals surface area contributed by atoms with Gasteiger partial charge in [0.25, 0.3) is 0 Å². The molecule has 12 nitrogen and oxygen atoms in total. The summed E-state index contributed by atoms with van der Waals surface area (Å²) in [5.41, 5.74) is -1.14. The maximum atomic E-state index is 13.8. The number of allylic oxidation sites excluding steroid dienone is 1. The third-order valence-electron chi connectivity index (χ3n) is 9.91. The molecule has 1 aliphatic rings. The lowest BCUT2D eigenvalue weighted by atomic mass is 9.86. The summed E-state index contributed by atoms with van der Waals surface area (Å²) in [5.74, 6) is -3.22. The molecule has 10 atom stereocenters. The lowest BCUT2D eigenvalue weighted by Gasteiger charge is -2.43. The van der Waals surface area contributed by atoms with Crippen LogP contribution < -0.4 is 0 Å². The third kappa shape index (κ3) is 11.0. The Kier molecular flexibility index (Phi) is 16.8. The zero-order valence-corrected chi connectivity index (χ0v) is 31.8. The summed E-state index contributed by atoms with van der Waals surface area (Å²) >= 11 is 0. The van der Waals surface area contributed by atoms with Gasteiger partial charge in [0.05, 0.1) is 12.2 Å². The summed E-state index contributed by atoms with van der Waals surface area (Å²) in [6.07, 6.45) is 5.43. The average molecular weight is 692 g/mol. The molecule has 0 radical (unpaired) electrons. The quantitative estimate of drug-likeness (QED) is 0.0980. The Morgan fingerprint density at radius 1 is 1.10 bits per heavy atom. The number of ketones is 2. The molecule has 12 heteroatoms. The van der Waals surface area contributed by atoms with Gasteiger partial charge in [-0.25, -0.2) is 14.3 Å². The molecule has 1 aromatic rings. The van der Waals surface area contributed by atoms with E-state index in [1.165, 1.54) is 30.2 Å². The molecule has 0 aliphatic carbocycles. The smallest absolute Gasteiger partial charge is 0.420 e. The largest absolute Gasteiger partial charge is 0.457 e. The molecular formula is C37H61N3O9. The van der Waals surface area contributed by atoms with Crippen molar-refractivity contribution in [2.45, 2.75) is 131 Å². The summed E-state index contributed by atoms with van der Waals surface area (Å²) < 4.78 is 31.0. The predicted octanol–water partition coefficient (Wildman–Crippen LogP) is 5.86. The molecule has 0 N–H and O–H groups in total. The first kappa shape index (κ1) is 42.2. The predicted molar refractivity (Wildman–Crippen MR) is 186 cm³/mol. The second-order valence-electron chi connectivity index (χ2n) is 13.8. The molecule has 6 unspecified atom stereocenters. The van der Waals surface area contributed by atoms with Crippen molar-refractivity contribution in [1.29, 1.82) is 0 Å². The van der Waals surface area contributed by atoms with E-state index in [0.29, 0.717) is 25.0 Å². The topological polar surface area (TPSA) is 135 Å². The van der Waals surface area contributed by atoms with Crippen molar-refractivity contribution in [1.82, 2.24) is 14.5 Å². The number of imidazole rings is 1. The third-order valence-corrected chi connectivity index (χ3v) is 9.91. The van der Waals surface area contributed by atoms with Gasteiger partial charge in [-0.2, -0.15) is 0 Å². The van der Waals surface area contributed by atoms with Gasteiger partial charge in [-0.15, -0.1) is 0 Å². The molecule has 0 saturated carbocycles. The molecule has 1 aromatic heterocycles. The molecule has 2 heterocycles. The Labute approximate surface area is 293 Å². The summed E-state index contributed by atoms with van der Waals surface area (Å²) in [5, 5.41) is 0. The van der Waals surface area contributed by atoms with Crippen LogP contribution >= 0.6 is 0 Å². The van der Waals surface area contributed by atoms with Crippen LogP contribution in [0.1, 0.15) is 94.4 Å². The highest BCUT2D eigenvalue weighted by atomic mass is 16.7. The van der Waals surface area contributed by atoms with Gasteiger partial charge in [0.1, 0.15) is 18.3 Å². The summed E-state index contributed by atoms with van der Waals surface area (Å²) in [6.45, 7) is 16.8. The van der Waals surface area contributed by atoms with Crippen LogP contribution in [0.2, 0.25) is 0 Å². The fourth-order valence-corrected chi connectivity index (χ4v) is 6.61. The minimum atomic E-state index is -1.51. The molecule has 0 amide bonds. The Morgan fingerprint density at radius 3 is 2.31 bits per heavy atom. The standard InChI is InChI=1S/C37H61N3O9/c1-13-30(47-35-26(7)29(39(10)11)20-25(6)46-35)27(8)33(42)28(9)34(43)48-31(14-2)37(15-3,49-36(44)40-18-17-38-22-40)21-24(5)32(41)23(4)16-19-45-12/h17-18,21-23,25-31,35H,13-16,19-20H2,1-12H3/b24-21+/t23-,25?,26-,27?,28?,29?,30+,31?,35?,37+/m1/s1. The molecule has 0 spiro atoms. The van der Waals surface area contributed by atoms with Crippen LogP contribution in [0.4, 0.5) is 4.79 Å². The van der Waals surface area contributed by atoms with Crippen LogP contribution in [-0.2, 0) is 38.1 Å². The fourth-order valence-electron chi connectivity index (χ4n) is 6.61. The van der Waals surface area contributed by atoms with E-state index >= 15 is 0 Å². The van der Waals surface area contributed by atoms with Gasteiger partial charge in [0.15, 0.2) is 23.5 Å². The van der Waals surface area contributed by atoms with E-state index in [1.54, 1.807) is 40.9 Å². The first-order chi connectivity index (χ1) is 23.1. The van der Waals surface area contributed by atoms with Crippen LogP contribution in [-0.4, -0.2) is 102 Å². The van der Waals surface area contributed by atoms with E-state index in [9.17, 15) is 19.2 Å². The molecule has 1 aliphatic heterocycles. The van der Waals surface area contributed by atoms with E-state index < -0.39 is 48.0 Å². The number of esters is 1. The van der Waals surface area contributed by atoms with E-state index in [-0.39, 0.29) is 48.4 Å². The minimum Gasteiger partial charge on any atom is -0.457 e. The lowest BCUT2D eigenvalue weighted by Crippen LogP contribution is -2.51. The van der Waals surface area contributed by atoms with Gasteiger partial charge in [-0.1, -0.05) is 41.5 Å².